The maximum Gasteiger partial charge on any atom is 0.298 e. The first kappa shape index (κ1) is 18.5. The summed E-state index contributed by atoms with van der Waals surface area (Å²) in [6.45, 7) is 2.02. The van der Waals surface area contributed by atoms with E-state index in [1.54, 1.807) is 11.5 Å². The van der Waals surface area contributed by atoms with Crippen molar-refractivity contribution in [2.75, 3.05) is 6.61 Å². The Morgan fingerprint density at radius 1 is 1.24 bits per heavy atom. The lowest BCUT2D eigenvalue weighted by Crippen LogP contribution is -2.32. The van der Waals surface area contributed by atoms with E-state index < -0.39 is 0 Å². The smallest absolute Gasteiger partial charge is 0.298 e. The third-order valence-electron chi connectivity index (χ3n) is 4.28. The highest BCUT2D eigenvalue weighted by Crippen LogP contribution is 2.15. The number of imidazole rings is 1. The summed E-state index contributed by atoms with van der Waals surface area (Å²) < 4.78 is 7.55. The molecule has 0 atom stereocenters. The zero-order valence-corrected chi connectivity index (χ0v) is 16.3. The fraction of sp³-hybridized carbons (Fsp3) is 0.0952. The highest BCUT2D eigenvalue weighted by Gasteiger charge is 2.16. The largest absolute Gasteiger partial charge is 0.480 e. The third kappa shape index (κ3) is 3.28. The monoisotopic (exact) mass is 403 g/mol. The fourth-order valence-corrected chi connectivity index (χ4v) is 4.06. The molecule has 0 radical (unpaired) electrons. The maximum atomic E-state index is 10.3. The van der Waals surface area contributed by atoms with Gasteiger partial charge in [0.15, 0.2) is 15.8 Å². The molecule has 0 aliphatic heterocycles. The molecule has 0 unspecified atom stereocenters. The van der Waals surface area contributed by atoms with E-state index in [1.165, 1.54) is 0 Å². The molecule has 0 aliphatic carbocycles. The first-order valence-electron chi connectivity index (χ1n) is 8.91. The number of aromatic nitrogens is 3. The van der Waals surface area contributed by atoms with Crippen molar-refractivity contribution in [1.82, 2.24) is 14.5 Å². The van der Waals surface area contributed by atoms with Crippen LogP contribution in [0, 0.1) is 16.7 Å². The molecule has 2 aromatic heterocycles. The van der Waals surface area contributed by atoms with Gasteiger partial charge in [0.1, 0.15) is 16.3 Å². The lowest BCUT2D eigenvalue weighted by molar-refractivity contribution is 0.190. The van der Waals surface area contributed by atoms with Crippen molar-refractivity contribution in [3.63, 3.8) is 0 Å². The molecule has 4 rings (SSSR count). The first-order valence-corrected chi connectivity index (χ1v) is 9.73. The second-order valence-corrected chi connectivity index (χ2v) is 7.08. The summed E-state index contributed by atoms with van der Waals surface area (Å²) in [6.07, 6.45) is 0. The Kier molecular flexibility index (Phi) is 4.89. The van der Waals surface area contributed by atoms with Crippen molar-refractivity contribution < 1.29 is 9.84 Å². The fourth-order valence-electron chi connectivity index (χ4n) is 3.00. The molecular weight excluding hydrogens is 386 g/mol. The quantitative estimate of drug-likeness (QED) is 0.485. The summed E-state index contributed by atoms with van der Waals surface area (Å²) in [4.78, 5) is 7.70. The number of fused-ring (bicyclic) bond motifs is 1. The van der Waals surface area contributed by atoms with Crippen LogP contribution in [-0.2, 0) is 4.74 Å². The average Bonchev–Trinajstić information content (AvgIpc) is 3.31. The van der Waals surface area contributed by atoms with Gasteiger partial charge in [-0.15, -0.1) is 11.3 Å². The van der Waals surface area contributed by atoms with Crippen molar-refractivity contribution in [2.45, 2.75) is 6.92 Å². The predicted octanol–water partition coefficient (Wildman–Crippen LogP) is 2.28. The van der Waals surface area contributed by atoms with Crippen LogP contribution in [0.1, 0.15) is 12.7 Å². The second kappa shape index (κ2) is 7.66. The average molecular weight is 403 g/mol. The molecule has 0 fully saturated rings. The van der Waals surface area contributed by atoms with Crippen molar-refractivity contribution in [3.8, 4) is 11.8 Å². The lowest BCUT2D eigenvalue weighted by atomic mass is 10.3. The van der Waals surface area contributed by atoms with Gasteiger partial charge in [-0.2, -0.15) is 5.26 Å². The molecule has 144 valence electrons. The van der Waals surface area contributed by atoms with E-state index in [4.69, 9.17) is 10.1 Å². The van der Waals surface area contributed by atoms with Gasteiger partial charge >= 0.3 is 0 Å². The van der Waals surface area contributed by atoms with Crippen molar-refractivity contribution in [2.24, 2.45) is 0 Å². The van der Waals surface area contributed by atoms with Gasteiger partial charge in [0.2, 0.25) is 0 Å². The number of hydrogen-bond acceptors (Lipinski definition) is 6. The number of aliphatic hydroxyl groups is 1. The molecule has 29 heavy (non-hydrogen) atoms. The Labute approximate surface area is 169 Å². The highest BCUT2D eigenvalue weighted by molar-refractivity contribution is 7.07. The predicted molar refractivity (Wildman–Crippen MR) is 111 cm³/mol. The van der Waals surface area contributed by atoms with E-state index in [0.29, 0.717) is 16.2 Å². The Hall–Kier alpha value is -3.83. The Morgan fingerprint density at radius 3 is 2.66 bits per heavy atom. The van der Waals surface area contributed by atoms with E-state index in [9.17, 15) is 10.4 Å². The van der Waals surface area contributed by atoms with Gasteiger partial charge in [0.25, 0.3) is 5.95 Å². The number of aromatic amines is 1. The molecule has 0 bridgehead atoms. The minimum Gasteiger partial charge on any atom is -0.480 e. The van der Waals surface area contributed by atoms with Gasteiger partial charge in [0, 0.05) is 5.69 Å². The molecule has 0 saturated carbocycles. The lowest BCUT2D eigenvalue weighted by Gasteiger charge is -2.03. The minimum atomic E-state index is -0.333. The summed E-state index contributed by atoms with van der Waals surface area (Å²) in [5.74, 6) is 0.0717. The van der Waals surface area contributed by atoms with E-state index in [2.05, 4.69) is 16.0 Å². The van der Waals surface area contributed by atoms with Crippen LogP contribution in [-0.4, -0.2) is 26.2 Å². The number of nitriles is 1. The van der Waals surface area contributed by atoms with Crippen LogP contribution in [0.25, 0.3) is 28.2 Å². The number of rotatable bonds is 4. The molecule has 8 heteroatoms. The van der Waals surface area contributed by atoms with Crippen LogP contribution in [0.4, 0.5) is 0 Å². The molecule has 0 amide bonds. The normalized spacial score (nSPS) is 13.1. The van der Waals surface area contributed by atoms with E-state index >= 15 is 0 Å². The summed E-state index contributed by atoms with van der Waals surface area (Å²) in [7, 11) is 0. The summed E-state index contributed by atoms with van der Waals surface area (Å²) >= 11 is 1.11. The topological polar surface area (TPSA) is 111 Å². The molecule has 0 aliphatic rings. The van der Waals surface area contributed by atoms with Crippen LogP contribution in [0.5, 0.6) is 0 Å². The highest BCUT2D eigenvalue weighted by atomic mass is 32.1. The second-order valence-electron chi connectivity index (χ2n) is 6.08. The molecule has 0 saturated heterocycles. The number of aliphatic hydroxyl groups excluding tert-OH is 1. The molecule has 3 N–H and O–H groups in total. The van der Waals surface area contributed by atoms with Crippen LogP contribution < -0.4 is 14.7 Å². The number of hydrogen-bond donors (Lipinski definition) is 3. The molecule has 4 aromatic rings. The number of benzene rings is 2. The van der Waals surface area contributed by atoms with Crippen LogP contribution in [0.2, 0.25) is 0 Å². The van der Waals surface area contributed by atoms with Crippen LogP contribution in [0.15, 0.2) is 54.6 Å². The van der Waals surface area contributed by atoms with Gasteiger partial charge in [-0.1, -0.05) is 30.3 Å². The summed E-state index contributed by atoms with van der Waals surface area (Å²) in [5.41, 5.74) is 2.56. The van der Waals surface area contributed by atoms with Gasteiger partial charge < -0.3 is 14.8 Å². The van der Waals surface area contributed by atoms with Crippen LogP contribution >= 0.6 is 11.3 Å². The van der Waals surface area contributed by atoms with Gasteiger partial charge in [-0.25, -0.2) is 4.98 Å². The Morgan fingerprint density at radius 2 is 1.97 bits per heavy atom. The number of para-hydroxylation sites is 3. The Balaban J connectivity index is 2.13. The number of ether oxygens (including phenoxy) is 1. The van der Waals surface area contributed by atoms with E-state index in [1.807, 2.05) is 54.6 Å². The molecule has 7 nitrogen and oxygen atoms in total. The first-order chi connectivity index (χ1) is 14.1. The van der Waals surface area contributed by atoms with E-state index in [0.717, 1.165) is 22.4 Å². The van der Waals surface area contributed by atoms with Crippen molar-refractivity contribution >= 4 is 33.9 Å². The zero-order chi connectivity index (χ0) is 20.4. The Bertz CT molecular complexity index is 1370. The standard InChI is InChI=1S/C21H17N5O2S/c1-2-28-21(27)17-18(23)26(13-8-4-3-5-9-13)20(29-17)14(12-22)19-24-15-10-6-7-11-16(15)25-19/h3-11,23,27H,2H2,1H3,(H,24,25). The van der Waals surface area contributed by atoms with Crippen LogP contribution in [0.3, 0.4) is 0 Å². The number of thiazole rings is 1. The van der Waals surface area contributed by atoms with Crippen molar-refractivity contribution in [1.29, 1.82) is 10.7 Å². The summed E-state index contributed by atoms with van der Waals surface area (Å²) in [5, 5.41) is 28.8. The van der Waals surface area contributed by atoms with Crippen molar-refractivity contribution in [3.05, 3.63) is 75.1 Å². The molecule has 2 heterocycles. The number of H-pyrrole nitrogens is 1. The van der Waals surface area contributed by atoms with Gasteiger partial charge in [0.05, 0.1) is 17.6 Å². The number of nitrogens with zero attached hydrogens (tertiary/aromatic N) is 3. The molecular formula is C21H17N5O2S. The van der Waals surface area contributed by atoms with E-state index in [-0.39, 0.29) is 28.1 Å². The minimum absolute atomic E-state index is 0.0333. The summed E-state index contributed by atoms with van der Waals surface area (Å²) in [6, 6.07) is 19.0. The maximum absolute atomic E-state index is 10.3. The SMILES string of the molecule is CCOC(O)=c1sc(=C(C#N)c2nc3ccccc3[nH]2)n(-c2ccccc2)c1=N. The molecule has 2 aromatic carbocycles. The van der Waals surface area contributed by atoms with Gasteiger partial charge in [-0.3, -0.25) is 9.98 Å². The number of nitrogens with one attached hydrogen (secondary N) is 2. The zero-order valence-electron chi connectivity index (χ0n) is 15.5. The van der Waals surface area contributed by atoms with Gasteiger partial charge in [-0.05, 0) is 31.2 Å². The third-order valence-corrected chi connectivity index (χ3v) is 5.43. The molecule has 0 spiro atoms.